The molecule has 0 atom stereocenters. The van der Waals surface area contributed by atoms with Gasteiger partial charge < -0.3 is 4.57 Å². The molecule has 7 nitrogen and oxygen atoms in total. The molecule has 10 heteroatoms. The molecular formula is C36H28F3N7. The summed E-state index contributed by atoms with van der Waals surface area (Å²) in [4.78, 5) is 27.3. The maximum atomic E-state index is 14.2. The fraction of sp³-hybridized carbons (Fsp3) is 0.167. The third-order valence-electron chi connectivity index (χ3n) is 7.92. The zero-order valence-corrected chi connectivity index (χ0v) is 25.8. The number of hydrogen-bond acceptors (Lipinski definition) is 6. The smallest absolute Gasteiger partial charge is 0.308 e. The van der Waals surface area contributed by atoms with E-state index in [2.05, 4.69) is 24.5 Å². The van der Waals surface area contributed by atoms with Gasteiger partial charge in [0, 0.05) is 21.9 Å². The molecule has 0 saturated heterocycles. The molecule has 3 heterocycles. The lowest BCUT2D eigenvalue weighted by atomic mass is 9.96. The Labute approximate surface area is 262 Å². The fourth-order valence-electron chi connectivity index (χ4n) is 6.07. The van der Waals surface area contributed by atoms with Crippen LogP contribution in [0.3, 0.4) is 0 Å². The largest absolute Gasteiger partial charge is 0.417 e. The van der Waals surface area contributed by atoms with E-state index in [-0.39, 0.29) is 5.56 Å². The highest BCUT2D eigenvalue weighted by atomic mass is 19.4. The molecule has 0 aliphatic heterocycles. The molecule has 46 heavy (non-hydrogen) atoms. The molecule has 0 N–H and O–H groups in total. The number of fused-ring (bicyclic) bond motifs is 3. The molecule has 228 valence electrons. The molecule has 0 spiro atoms. The van der Waals surface area contributed by atoms with Crippen molar-refractivity contribution in [1.29, 1.82) is 0 Å². The maximum Gasteiger partial charge on any atom is 0.417 e. The molecule has 7 rings (SSSR count). The molecule has 0 unspecified atom stereocenters. The Bertz CT molecular complexity index is 2280. The lowest BCUT2D eigenvalue weighted by Gasteiger charge is -2.16. The SMILES string of the molecule is Cc1ccc(-c2ccc3c4ccccc4n(-c4ccc(-c5nc(C)nc(C)n5)cc4-c4nc(C)nc(C)n4)c3c2)c(C(F)(F)F)c1. The van der Waals surface area contributed by atoms with E-state index in [1.165, 1.54) is 6.07 Å². The molecular weight excluding hydrogens is 587 g/mol. The van der Waals surface area contributed by atoms with Crippen molar-refractivity contribution in [2.45, 2.75) is 40.8 Å². The van der Waals surface area contributed by atoms with Gasteiger partial charge in [-0.2, -0.15) is 13.2 Å². The first kappa shape index (κ1) is 29.2. The van der Waals surface area contributed by atoms with Gasteiger partial charge in [0.15, 0.2) is 11.6 Å². The van der Waals surface area contributed by atoms with Crippen molar-refractivity contribution in [3.05, 3.63) is 113 Å². The van der Waals surface area contributed by atoms with Gasteiger partial charge in [-0.05, 0) is 82.1 Å². The predicted molar refractivity (Wildman–Crippen MR) is 173 cm³/mol. The quantitative estimate of drug-likeness (QED) is 0.197. The average molecular weight is 616 g/mol. The number of rotatable bonds is 4. The molecule has 0 aliphatic carbocycles. The van der Waals surface area contributed by atoms with E-state index >= 15 is 0 Å². The van der Waals surface area contributed by atoms with Gasteiger partial charge in [0.2, 0.25) is 0 Å². The summed E-state index contributed by atoms with van der Waals surface area (Å²) in [6.07, 6.45) is -4.51. The van der Waals surface area contributed by atoms with Gasteiger partial charge in [0.25, 0.3) is 0 Å². The average Bonchev–Trinajstić information content (AvgIpc) is 3.33. The van der Waals surface area contributed by atoms with Crippen molar-refractivity contribution in [3.63, 3.8) is 0 Å². The van der Waals surface area contributed by atoms with Crippen molar-refractivity contribution >= 4 is 21.8 Å². The van der Waals surface area contributed by atoms with Crippen LogP contribution in [0.1, 0.15) is 34.4 Å². The first-order chi connectivity index (χ1) is 22.0. The second-order valence-corrected chi connectivity index (χ2v) is 11.4. The van der Waals surface area contributed by atoms with E-state index in [1.54, 1.807) is 25.1 Å². The van der Waals surface area contributed by atoms with Crippen LogP contribution in [0.15, 0.2) is 78.9 Å². The van der Waals surface area contributed by atoms with Crippen LogP contribution in [-0.2, 0) is 6.18 Å². The van der Waals surface area contributed by atoms with Crippen LogP contribution in [0, 0.1) is 34.6 Å². The summed E-state index contributed by atoms with van der Waals surface area (Å²) in [6, 6.07) is 23.7. The highest BCUT2D eigenvalue weighted by Gasteiger charge is 2.34. The van der Waals surface area contributed by atoms with Crippen LogP contribution in [0.2, 0.25) is 0 Å². The van der Waals surface area contributed by atoms with Crippen LogP contribution in [0.5, 0.6) is 0 Å². The van der Waals surface area contributed by atoms with E-state index in [0.717, 1.165) is 33.1 Å². The van der Waals surface area contributed by atoms with E-state index in [9.17, 15) is 13.2 Å². The van der Waals surface area contributed by atoms with Crippen molar-refractivity contribution < 1.29 is 13.2 Å². The van der Waals surface area contributed by atoms with Gasteiger partial charge in [-0.15, -0.1) is 0 Å². The molecule has 0 saturated carbocycles. The fourth-order valence-corrected chi connectivity index (χ4v) is 6.07. The number of alkyl halides is 3. The van der Waals surface area contributed by atoms with Crippen LogP contribution in [-0.4, -0.2) is 34.5 Å². The maximum absolute atomic E-state index is 14.2. The first-order valence-electron chi connectivity index (χ1n) is 14.7. The Balaban J connectivity index is 1.55. The Morgan fingerprint density at radius 2 is 1.13 bits per heavy atom. The summed E-state index contributed by atoms with van der Waals surface area (Å²) < 4.78 is 44.8. The summed E-state index contributed by atoms with van der Waals surface area (Å²) in [7, 11) is 0. The van der Waals surface area contributed by atoms with E-state index in [0.29, 0.717) is 51.6 Å². The summed E-state index contributed by atoms with van der Waals surface area (Å²) in [5.74, 6) is 3.31. The topological polar surface area (TPSA) is 82.3 Å². The van der Waals surface area contributed by atoms with Crippen molar-refractivity contribution in [3.8, 4) is 39.6 Å². The predicted octanol–water partition coefficient (Wildman–Crippen LogP) is 8.72. The van der Waals surface area contributed by atoms with Crippen molar-refractivity contribution in [2.24, 2.45) is 0 Å². The second kappa shape index (κ2) is 10.8. The number of nitrogens with zero attached hydrogens (tertiary/aromatic N) is 7. The second-order valence-electron chi connectivity index (χ2n) is 11.4. The minimum atomic E-state index is -4.51. The summed E-state index contributed by atoms with van der Waals surface area (Å²) >= 11 is 0. The standard InChI is InChI=1S/C36H28F3N7/c1-19-10-13-26(30(16-19)36(37,38)39)24-11-14-28-27-8-6-7-9-31(27)46(33(28)18-24)32-15-12-25(34-42-20(2)40-21(3)43-34)17-29(32)35-44-22(4)41-23(5)45-35/h6-18H,1-5H3. The zero-order valence-electron chi connectivity index (χ0n) is 25.8. The number of para-hydroxylation sites is 1. The number of aryl methyl sites for hydroxylation is 5. The normalized spacial score (nSPS) is 11.9. The Morgan fingerprint density at radius 3 is 1.80 bits per heavy atom. The van der Waals surface area contributed by atoms with Crippen LogP contribution in [0.25, 0.3) is 61.4 Å². The molecule has 0 radical (unpaired) electrons. The third kappa shape index (κ3) is 5.15. The third-order valence-corrected chi connectivity index (χ3v) is 7.92. The van der Waals surface area contributed by atoms with Gasteiger partial charge in [0.05, 0.1) is 22.3 Å². The number of hydrogen-bond donors (Lipinski definition) is 0. The minimum Gasteiger partial charge on any atom is -0.308 e. The highest BCUT2D eigenvalue weighted by Crippen LogP contribution is 2.41. The van der Waals surface area contributed by atoms with Gasteiger partial charge in [-0.3, -0.25) is 0 Å². The summed E-state index contributed by atoms with van der Waals surface area (Å²) in [6.45, 7) is 8.93. The highest BCUT2D eigenvalue weighted by molar-refractivity contribution is 6.10. The number of aromatic nitrogens is 7. The Kier molecular flexibility index (Phi) is 6.88. The number of halogens is 3. The van der Waals surface area contributed by atoms with Gasteiger partial charge in [-0.1, -0.05) is 48.0 Å². The van der Waals surface area contributed by atoms with Crippen LogP contribution in [0.4, 0.5) is 13.2 Å². The monoisotopic (exact) mass is 615 g/mol. The molecule has 0 amide bonds. The van der Waals surface area contributed by atoms with Gasteiger partial charge in [-0.25, -0.2) is 29.9 Å². The lowest BCUT2D eigenvalue weighted by molar-refractivity contribution is -0.137. The zero-order chi connectivity index (χ0) is 32.3. The van der Waals surface area contributed by atoms with E-state index in [1.807, 2.05) is 82.3 Å². The van der Waals surface area contributed by atoms with Crippen LogP contribution < -0.4 is 0 Å². The molecule has 0 aliphatic rings. The first-order valence-corrected chi connectivity index (χ1v) is 14.7. The summed E-state index contributed by atoms with van der Waals surface area (Å²) in [5.41, 5.74) is 4.29. The van der Waals surface area contributed by atoms with E-state index in [4.69, 9.17) is 9.97 Å². The molecule has 3 aromatic heterocycles. The van der Waals surface area contributed by atoms with Crippen molar-refractivity contribution in [2.75, 3.05) is 0 Å². The van der Waals surface area contributed by atoms with Crippen molar-refractivity contribution in [1.82, 2.24) is 34.5 Å². The summed E-state index contributed by atoms with van der Waals surface area (Å²) in [5, 5.41) is 1.87. The Morgan fingerprint density at radius 1 is 0.522 bits per heavy atom. The molecule has 4 aromatic carbocycles. The molecule has 0 bridgehead atoms. The molecule has 7 aromatic rings. The van der Waals surface area contributed by atoms with E-state index < -0.39 is 11.7 Å². The Hall–Kier alpha value is -5.51. The minimum absolute atomic E-state index is 0.122. The van der Waals surface area contributed by atoms with Gasteiger partial charge >= 0.3 is 6.18 Å². The molecule has 0 fully saturated rings. The van der Waals surface area contributed by atoms with Gasteiger partial charge in [0.1, 0.15) is 23.3 Å². The van der Waals surface area contributed by atoms with Crippen LogP contribution >= 0.6 is 0 Å². The number of benzene rings is 4. The lowest BCUT2D eigenvalue weighted by Crippen LogP contribution is -2.07.